The molecule has 1 aliphatic heterocycles. The van der Waals surface area contributed by atoms with Crippen molar-refractivity contribution in [2.24, 2.45) is 5.92 Å². The maximum atomic E-state index is 10.4. The number of hydrogen-bond acceptors (Lipinski definition) is 2. The van der Waals surface area contributed by atoms with E-state index in [4.69, 9.17) is 6.42 Å². The molecular weight excluding hydrogens is 192 g/mol. The first kappa shape index (κ1) is 10.4. The quantitative estimate of drug-likeness (QED) is 0.620. The van der Waals surface area contributed by atoms with Crippen LogP contribution in [0.2, 0.25) is 0 Å². The third-order valence-electron chi connectivity index (χ3n) is 3.57. The van der Waals surface area contributed by atoms with Crippen molar-refractivity contribution < 1.29 is 5.11 Å². The number of thioether (sulfide) groups is 1. The standard InChI is InChI=1S/C12H18OS/c1-3-12(13)8-9(2)14-11-7-5-4-6-10(11)12/h1,9-11,13H,4-8H2,2H3/t9-,10+,11+,12-/m0/s1. The minimum absolute atomic E-state index is 0.349. The van der Waals surface area contributed by atoms with Gasteiger partial charge in [-0.1, -0.05) is 25.7 Å². The van der Waals surface area contributed by atoms with E-state index in [9.17, 15) is 5.11 Å². The van der Waals surface area contributed by atoms with Crippen LogP contribution in [0.15, 0.2) is 0 Å². The van der Waals surface area contributed by atoms with Gasteiger partial charge < -0.3 is 5.11 Å². The third kappa shape index (κ3) is 1.68. The summed E-state index contributed by atoms with van der Waals surface area (Å²) in [5, 5.41) is 11.5. The van der Waals surface area contributed by atoms with E-state index >= 15 is 0 Å². The van der Waals surface area contributed by atoms with Crippen LogP contribution in [0.1, 0.15) is 39.0 Å². The largest absolute Gasteiger partial charge is 0.377 e. The minimum atomic E-state index is -0.810. The number of rotatable bonds is 0. The second-order valence-corrected chi connectivity index (χ2v) is 6.33. The normalized spacial score (nSPS) is 47.9. The smallest absolute Gasteiger partial charge is 0.130 e. The highest BCUT2D eigenvalue weighted by atomic mass is 32.2. The second-order valence-electron chi connectivity index (χ2n) is 4.65. The molecule has 0 amide bonds. The van der Waals surface area contributed by atoms with E-state index in [1.807, 2.05) is 11.8 Å². The van der Waals surface area contributed by atoms with Crippen molar-refractivity contribution >= 4 is 11.8 Å². The summed E-state index contributed by atoms with van der Waals surface area (Å²) in [6.07, 6.45) is 11.2. The van der Waals surface area contributed by atoms with Gasteiger partial charge in [-0.15, -0.1) is 6.42 Å². The van der Waals surface area contributed by atoms with E-state index in [2.05, 4.69) is 12.8 Å². The molecule has 1 nitrogen and oxygen atoms in total. The summed E-state index contributed by atoms with van der Waals surface area (Å²) in [4.78, 5) is 0. The molecule has 2 heteroatoms. The van der Waals surface area contributed by atoms with E-state index in [-0.39, 0.29) is 0 Å². The number of hydrogen-bond donors (Lipinski definition) is 1. The molecule has 2 aliphatic rings. The molecule has 0 aromatic heterocycles. The molecule has 1 saturated heterocycles. The average molecular weight is 210 g/mol. The van der Waals surface area contributed by atoms with Crippen molar-refractivity contribution in [2.75, 3.05) is 0 Å². The molecular formula is C12H18OS. The molecule has 1 heterocycles. The van der Waals surface area contributed by atoms with Crippen molar-refractivity contribution in [3.05, 3.63) is 0 Å². The molecule has 0 aromatic rings. The van der Waals surface area contributed by atoms with E-state index in [1.54, 1.807) is 0 Å². The van der Waals surface area contributed by atoms with Crippen LogP contribution in [0, 0.1) is 18.3 Å². The Kier molecular flexibility index (Phi) is 2.81. The van der Waals surface area contributed by atoms with Gasteiger partial charge in [0.1, 0.15) is 5.60 Å². The van der Waals surface area contributed by atoms with Crippen LogP contribution in [-0.2, 0) is 0 Å². The van der Waals surface area contributed by atoms with Crippen molar-refractivity contribution in [3.63, 3.8) is 0 Å². The summed E-state index contributed by atoms with van der Waals surface area (Å²) in [6, 6.07) is 0. The van der Waals surface area contributed by atoms with E-state index < -0.39 is 5.60 Å². The van der Waals surface area contributed by atoms with Crippen LogP contribution in [0.5, 0.6) is 0 Å². The predicted octanol–water partition coefficient (Wildman–Crippen LogP) is 2.43. The van der Waals surface area contributed by atoms with Gasteiger partial charge in [0.15, 0.2) is 0 Å². The third-order valence-corrected chi connectivity index (χ3v) is 5.12. The van der Waals surface area contributed by atoms with E-state index in [0.717, 1.165) is 12.8 Å². The summed E-state index contributed by atoms with van der Waals surface area (Å²) in [5.74, 6) is 3.00. The average Bonchev–Trinajstić information content (AvgIpc) is 2.17. The van der Waals surface area contributed by atoms with Crippen LogP contribution < -0.4 is 0 Å². The fourth-order valence-electron chi connectivity index (χ4n) is 2.91. The first-order valence-corrected chi connectivity index (χ1v) is 6.45. The summed E-state index contributed by atoms with van der Waals surface area (Å²) >= 11 is 2.03. The van der Waals surface area contributed by atoms with E-state index in [1.165, 1.54) is 19.3 Å². The van der Waals surface area contributed by atoms with Gasteiger partial charge in [-0.2, -0.15) is 11.8 Å². The van der Waals surface area contributed by atoms with Gasteiger partial charge in [0.2, 0.25) is 0 Å². The van der Waals surface area contributed by atoms with Crippen molar-refractivity contribution in [1.82, 2.24) is 0 Å². The highest BCUT2D eigenvalue weighted by Gasteiger charge is 2.46. The molecule has 78 valence electrons. The zero-order chi connectivity index (χ0) is 10.2. The predicted molar refractivity (Wildman–Crippen MR) is 61.2 cm³/mol. The molecule has 0 spiro atoms. The summed E-state index contributed by atoms with van der Waals surface area (Å²) in [5.41, 5.74) is -0.810. The minimum Gasteiger partial charge on any atom is -0.377 e. The zero-order valence-electron chi connectivity index (χ0n) is 8.70. The topological polar surface area (TPSA) is 20.2 Å². The molecule has 2 fully saturated rings. The van der Waals surface area contributed by atoms with Gasteiger partial charge >= 0.3 is 0 Å². The molecule has 0 radical (unpaired) electrons. The van der Waals surface area contributed by atoms with Gasteiger partial charge in [-0.3, -0.25) is 0 Å². The van der Waals surface area contributed by atoms with Crippen LogP contribution in [0.25, 0.3) is 0 Å². The molecule has 1 saturated carbocycles. The second kappa shape index (κ2) is 3.79. The lowest BCUT2D eigenvalue weighted by Crippen LogP contribution is -2.49. The highest BCUT2D eigenvalue weighted by molar-refractivity contribution is 8.00. The molecule has 2 rings (SSSR count). The highest BCUT2D eigenvalue weighted by Crippen LogP contribution is 2.48. The van der Waals surface area contributed by atoms with Gasteiger partial charge in [-0.25, -0.2) is 0 Å². The first-order chi connectivity index (χ1) is 6.65. The van der Waals surface area contributed by atoms with Gasteiger partial charge in [0.25, 0.3) is 0 Å². The van der Waals surface area contributed by atoms with Crippen LogP contribution in [-0.4, -0.2) is 21.2 Å². The first-order valence-electron chi connectivity index (χ1n) is 5.51. The Morgan fingerprint density at radius 1 is 1.43 bits per heavy atom. The molecule has 1 aliphatic carbocycles. The van der Waals surface area contributed by atoms with Gasteiger partial charge in [0.05, 0.1) is 0 Å². The van der Waals surface area contributed by atoms with Crippen molar-refractivity contribution in [3.8, 4) is 12.3 Å². The molecule has 14 heavy (non-hydrogen) atoms. The van der Waals surface area contributed by atoms with Crippen molar-refractivity contribution in [2.45, 2.75) is 55.1 Å². The Balaban J connectivity index is 2.20. The fourth-order valence-corrected chi connectivity index (χ4v) is 4.71. The van der Waals surface area contributed by atoms with Crippen LogP contribution in [0.3, 0.4) is 0 Å². The molecule has 4 atom stereocenters. The molecule has 1 N–H and O–H groups in total. The molecule has 0 bridgehead atoms. The number of terminal acetylenes is 1. The molecule has 0 unspecified atom stereocenters. The van der Waals surface area contributed by atoms with Gasteiger partial charge in [0, 0.05) is 16.4 Å². The maximum absolute atomic E-state index is 10.4. The summed E-state index contributed by atoms with van der Waals surface area (Å²) in [7, 11) is 0. The molecule has 0 aromatic carbocycles. The fraction of sp³-hybridized carbons (Fsp3) is 0.833. The van der Waals surface area contributed by atoms with Crippen molar-refractivity contribution in [1.29, 1.82) is 0 Å². The van der Waals surface area contributed by atoms with Crippen LogP contribution in [0.4, 0.5) is 0 Å². The monoisotopic (exact) mass is 210 g/mol. The zero-order valence-corrected chi connectivity index (χ0v) is 9.52. The number of aliphatic hydroxyl groups is 1. The van der Waals surface area contributed by atoms with E-state index in [0.29, 0.717) is 16.4 Å². The maximum Gasteiger partial charge on any atom is 0.130 e. The number of fused-ring (bicyclic) bond motifs is 1. The Hall–Kier alpha value is -0.130. The Morgan fingerprint density at radius 2 is 2.14 bits per heavy atom. The van der Waals surface area contributed by atoms with Crippen LogP contribution >= 0.6 is 11.8 Å². The lowest BCUT2D eigenvalue weighted by molar-refractivity contribution is 0.0108. The summed E-state index contributed by atoms with van der Waals surface area (Å²) < 4.78 is 0. The Morgan fingerprint density at radius 3 is 2.86 bits per heavy atom. The lowest BCUT2D eigenvalue weighted by Gasteiger charge is -2.46. The SMILES string of the molecule is C#C[C@]1(O)C[C@H](C)S[C@@H]2CCCC[C@H]21. The lowest BCUT2D eigenvalue weighted by atomic mass is 9.74. The van der Waals surface area contributed by atoms with Gasteiger partial charge in [-0.05, 0) is 19.3 Å². The summed E-state index contributed by atoms with van der Waals surface area (Å²) in [6.45, 7) is 2.18. The Bertz CT molecular complexity index is 258. The Labute approximate surface area is 90.7 Å².